The maximum Gasteiger partial charge on any atom is 0.203 e. The largest absolute Gasteiger partial charge is 0.493 e. The van der Waals surface area contributed by atoms with Gasteiger partial charge in [-0.15, -0.1) is 0 Å². The fourth-order valence-corrected chi connectivity index (χ4v) is 1.84. The zero-order valence-electron chi connectivity index (χ0n) is 12.1. The minimum absolute atomic E-state index is 0.0185. The first-order valence-corrected chi connectivity index (χ1v) is 5.95. The molecular formula is C14H23NO3. The van der Waals surface area contributed by atoms with E-state index in [-0.39, 0.29) is 5.54 Å². The van der Waals surface area contributed by atoms with Crippen LogP contribution in [0.4, 0.5) is 0 Å². The van der Waals surface area contributed by atoms with Gasteiger partial charge >= 0.3 is 0 Å². The zero-order valence-corrected chi connectivity index (χ0v) is 12.1. The summed E-state index contributed by atoms with van der Waals surface area (Å²) in [6, 6.07) is 3.97. The number of hydrogen-bond acceptors (Lipinski definition) is 4. The normalized spacial score (nSPS) is 11.2. The molecule has 0 fully saturated rings. The fraction of sp³-hybridized carbons (Fsp3) is 0.571. The summed E-state index contributed by atoms with van der Waals surface area (Å²) in [6.07, 6.45) is 0.875. The highest BCUT2D eigenvalue weighted by Gasteiger charge is 2.19. The van der Waals surface area contributed by atoms with Gasteiger partial charge in [0.05, 0.1) is 21.3 Å². The van der Waals surface area contributed by atoms with E-state index in [0.717, 1.165) is 12.0 Å². The van der Waals surface area contributed by atoms with Crippen molar-refractivity contribution in [3.05, 3.63) is 17.7 Å². The highest BCUT2D eigenvalue weighted by Crippen LogP contribution is 2.38. The molecule has 0 bridgehead atoms. The molecule has 0 aromatic heterocycles. The van der Waals surface area contributed by atoms with Crippen LogP contribution < -0.4 is 19.5 Å². The van der Waals surface area contributed by atoms with Crippen molar-refractivity contribution in [1.29, 1.82) is 0 Å². The Kier molecular flexibility index (Phi) is 4.84. The van der Waals surface area contributed by atoms with Gasteiger partial charge in [0, 0.05) is 5.54 Å². The second kappa shape index (κ2) is 5.96. The molecule has 1 rings (SSSR count). The predicted molar refractivity (Wildman–Crippen MR) is 72.9 cm³/mol. The van der Waals surface area contributed by atoms with Crippen LogP contribution in [-0.2, 0) is 6.42 Å². The number of rotatable bonds is 6. The van der Waals surface area contributed by atoms with Crippen molar-refractivity contribution < 1.29 is 14.2 Å². The Hall–Kier alpha value is -1.42. The van der Waals surface area contributed by atoms with E-state index in [9.17, 15) is 0 Å². The number of ether oxygens (including phenoxy) is 3. The molecule has 0 heterocycles. The van der Waals surface area contributed by atoms with Crippen LogP contribution in [0.1, 0.15) is 19.4 Å². The van der Waals surface area contributed by atoms with Gasteiger partial charge in [-0.25, -0.2) is 0 Å². The Bertz CT molecular complexity index is 377. The number of benzene rings is 1. The SMILES string of the molecule is CNC(C)(C)Cc1cc(OC)c(OC)c(OC)c1. The third kappa shape index (κ3) is 3.29. The lowest BCUT2D eigenvalue weighted by Gasteiger charge is -2.25. The molecule has 0 amide bonds. The van der Waals surface area contributed by atoms with Gasteiger partial charge in [-0.05, 0) is 45.0 Å². The number of hydrogen-bond donors (Lipinski definition) is 1. The predicted octanol–water partition coefficient (Wildman–Crippen LogP) is 2.25. The molecule has 0 saturated heterocycles. The maximum atomic E-state index is 5.34. The monoisotopic (exact) mass is 253 g/mol. The molecule has 0 aliphatic heterocycles. The van der Waals surface area contributed by atoms with Crippen LogP contribution in [0.2, 0.25) is 0 Å². The molecule has 0 aliphatic carbocycles. The summed E-state index contributed by atoms with van der Waals surface area (Å²) in [4.78, 5) is 0. The molecular weight excluding hydrogens is 230 g/mol. The van der Waals surface area contributed by atoms with E-state index in [1.54, 1.807) is 21.3 Å². The molecule has 0 spiro atoms. The van der Waals surface area contributed by atoms with Crippen molar-refractivity contribution in [3.8, 4) is 17.2 Å². The lowest BCUT2D eigenvalue weighted by molar-refractivity contribution is 0.323. The van der Waals surface area contributed by atoms with Gasteiger partial charge in [0.1, 0.15) is 0 Å². The van der Waals surface area contributed by atoms with Gasteiger partial charge < -0.3 is 19.5 Å². The van der Waals surface area contributed by atoms with Gasteiger partial charge in [-0.2, -0.15) is 0 Å². The summed E-state index contributed by atoms with van der Waals surface area (Å²) >= 11 is 0. The maximum absolute atomic E-state index is 5.34. The smallest absolute Gasteiger partial charge is 0.203 e. The molecule has 1 N–H and O–H groups in total. The highest BCUT2D eigenvalue weighted by molar-refractivity contribution is 5.54. The van der Waals surface area contributed by atoms with Crippen LogP contribution in [0.3, 0.4) is 0 Å². The first-order chi connectivity index (χ1) is 8.47. The Labute approximate surface area is 109 Å². The zero-order chi connectivity index (χ0) is 13.8. The van der Waals surface area contributed by atoms with Crippen LogP contribution in [-0.4, -0.2) is 33.9 Å². The highest BCUT2D eigenvalue weighted by atomic mass is 16.5. The topological polar surface area (TPSA) is 39.7 Å². The van der Waals surface area contributed by atoms with Gasteiger partial charge in [0.15, 0.2) is 11.5 Å². The van der Waals surface area contributed by atoms with Crippen molar-refractivity contribution in [2.24, 2.45) is 0 Å². The first kappa shape index (κ1) is 14.6. The molecule has 1 aromatic carbocycles. The van der Waals surface area contributed by atoms with Gasteiger partial charge in [0.2, 0.25) is 5.75 Å². The van der Waals surface area contributed by atoms with E-state index in [0.29, 0.717) is 17.2 Å². The first-order valence-electron chi connectivity index (χ1n) is 5.95. The van der Waals surface area contributed by atoms with Crippen molar-refractivity contribution in [3.63, 3.8) is 0 Å². The van der Waals surface area contributed by atoms with Crippen LogP contribution >= 0.6 is 0 Å². The minimum atomic E-state index is 0.0185. The molecule has 18 heavy (non-hydrogen) atoms. The van der Waals surface area contributed by atoms with Gasteiger partial charge in [-0.3, -0.25) is 0 Å². The summed E-state index contributed by atoms with van der Waals surface area (Å²) in [5.41, 5.74) is 1.16. The Balaban J connectivity index is 3.15. The second-order valence-corrected chi connectivity index (χ2v) is 4.84. The van der Waals surface area contributed by atoms with E-state index >= 15 is 0 Å². The summed E-state index contributed by atoms with van der Waals surface area (Å²) in [7, 11) is 6.82. The third-order valence-electron chi connectivity index (χ3n) is 3.05. The van der Waals surface area contributed by atoms with Gasteiger partial charge in [-0.1, -0.05) is 0 Å². The number of nitrogens with one attached hydrogen (secondary N) is 1. The molecule has 0 atom stereocenters. The van der Waals surface area contributed by atoms with Gasteiger partial charge in [0.25, 0.3) is 0 Å². The number of likely N-dealkylation sites (N-methyl/N-ethyl adjacent to an activating group) is 1. The average Bonchev–Trinajstić information content (AvgIpc) is 2.37. The van der Waals surface area contributed by atoms with E-state index in [1.165, 1.54) is 0 Å². The van der Waals surface area contributed by atoms with Crippen molar-refractivity contribution in [2.75, 3.05) is 28.4 Å². The molecule has 0 aliphatic rings. The summed E-state index contributed by atoms with van der Waals surface area (Å²) in [5.74, 6) is 2.02. The van der Waals surface area contributed by atoms with Crippen LogP contribution in [0, 0.1) is 0 Å². The molecule has 1 aromatic rings. The Morgan fingerprint density at radius 1 is 1.00 bits per heavy atom. The standard InChI is InChI=1S/C14H23NO3/c1-14(2,15-3)9-10-7-11(16-4)13(18-6)12(8-10)17-5/h7-8,15H,9H2,1-6H3. The quantitative estimate of drug-likeness (QED) is 0.844. The summed E-state index contributed by atoms with van der Waals surface area (Å²) in [6.45, 7) is 4.30. The van der Waals surface area contributed by atoms with Crippen LogP contribution in [0.25, 0.3) is 0 Å². The van der Waals surface area contributed by atoms with Crippen LogP contribution in [0.5, 0.6) is 17.2 Å². The van der Waals surface area contributed by atoms with Crippen LogP contribution in [0.15, 0.2) is 12.1 Å². The van der Waals surface area contributed by atoms with E-state index < -0.39 is 0 Å². The van der Waals surface area contributed by atoms with Crippen molar-refractivity contribution in [1.82, 2.24) is 5.32 Å². The summed E-state index contributed by atoms with van der Waals surface area (Å²) < 4.78 is 16.0. The molecule has 0 radical (unpaired) electrons. The van der Waals surface area contributed by atoms with Crippen molar-refractivity contribution in [2.45, 2.75) is 25.8 Å². The van der Waals surface area contributed by atoms with E-state index in [1.807, 2.05) is 19.2 Å². The Morgan fingerprint density at radius 2 is 1.50 bits per heavy atom. The lowest BCUT2D eigenvalue weighted by atomic mass is 9.95. The van der Waals surface area contributed by atoms with Crippen molar-refractivity contribution >= 4 is 0 Å². The molecule has 102 valence electrons. The Morgan fingerprint density at radius 3 is 1.83 bits per heavy atom. The van der Waals surface area contributed by atoms with E-state index in [2.05, 4.69) is 19.2 Å². The molecule has 0 saturated carbocycles. The lowest BCUT2D eigenvalue weighted by Crippen LogP contribution is -2.38. The average molecular weight is 253 g/mol. The molecule has 4 heteroatoms. The molecule has 0 unspecified atom stereocenters. The van der Waals surface area contributed by atoms with E-state index in [4.69, 9.17) is 14.2 Å². The fourth-order valence-electron chi connectivity index (χ4n) is 1.84. The second-order valence-electron chi connectivity index (χ2n) is 4.84. The number of methoxy groups -OCH3 is 3. The molecule has 4 nitrogen and oxygen atoms in total. The summed E-state index contributed by atoms with van der Waals surface area (Å²) in [5, 5.41) is 3.28. The minimum Gasteiger partial charge on any atom is -0.493 e. The third-order valence-corrected chi connectivity index (χ3v) is 3.05.